The van der Waals surface area contributed by atoms with Crippen LogP contribution in [0.1, 0.15) is 21.7 Å². The molecule has 0 spiro atoms. The second-order valence-electron chi connectivity index (χ2n) is 5.51. The van der Waals surface area contributed by atoms with Crippen LogP contribution in [0.25, 0.3) is 0 Å². The van der Waals surface area contributed by atoms with E-state index in [0.29, 0.717) is 17.9 Å². The monoisotopic (exact) mass is 353 g/mol. The van der Waals surface area contributed by atoms with Crippen molar-refractivity contribution in [1.29, 1.82) is 0 Å². The van der Waals surface area contributed by atoms with Crippen molar-refractivity contribution in [1.82, 2.24) is 5.16 Å². The zero-order chi connectivity index (χ0) is 18.5. The molecule has 0 bridgehead atoms. The van der Waals surface area contributed by atoms with E-state index >= 15 is 0 Å². The van der Waals surface area contributed by atoms with Crippen molar-refractivity contribution in [2.75, 3.05) is 5.32 Å². The van der Waals surface area contributed by atoms with Gasteiger partial charge in [-0.2, -0.15) is 0 Å². The summed E-state index contributed by atoms with van der Waals surface area (Å²) >= 11 is 0. The number of nitrogens with one attached hydrogen (secondary N) is 1. The number of aryl methyl sites for hydroxylation is 1. The first-order valence-corrected chi connectivity index (χ1v) is 7.73. The summed E-state index contributed by atoms with van der Waals surface area (Å²) in [5.41, 5.74) is 1.85. The summed E-state index contributed by atoms with van der Waals surface area (Å²) in [6.07, 6.45) is 0. The lowest BCUT2D eigenvalue weighted by atomic mass is 10.2. The van der Waals surface area contributed by atoms with Crippen molar-refractivity contribution >= 4 is 17.3 Å². The van der Waals surface area contributed by atoms with Gasteiger partial charge in [0.2, 0.25) is 5.76 Å². The van der Waals surface area contributed by atoms with Crippen molar-refractivity contribution < 1.29 is 19.0 Å². The quantitative estimate of drug-likeness (QED) is 0.534. The second-order valence-corrected chi connectivity index (χ2v) is 5.51. The third kappa shape index (κ3) is 4.04. The van der Waals surface area contributed by atoms with Crippen LogP contribution >= 0.6 is 0 Å². The number of nitro benzene ring substituents is 1. The van der Waals surface area contributed by atoms with Gasteiger partial charge in [0.1, 0.15) is 6.61 Å². The summed E-state index contributed by atoms with van der Waals surface area (Å²) in [7, 11) is 0. The molecular formula is C18H15N3O5. The molecule has 3 aromatic rings. The van der Waals surface area contributed by atoms with Crippen molar-refractivity contribution in [3.8, 4) is 5.88 Å². The summed E-state index contributed by atoms with van der Waals surface area (Å²) in [6, 6.07) is 15.1. The van der Waals surface area contributed by atoms with Crippen LogP contribution in [0.2, 0.25) is 0 Å². The number of aromatic nitrogens is 1. The van der Waals surface area contributed by atoms with E-state index in [-0.39, 0.29) is 17.3 Å². The Bertz CT molecular complexity index is 937. The number of benzene rings is 2. The molecule has 1 N–H and O–H groups in total. The maximum absolute atomic E-state index is 12.3. The van der Waals surface area contributed by atoms with Gasteiger partial charge in [0.05, 0.1) is 16.7 Å². The van der Waals surface area contributed by atoms with E-state index in [2.05, 4.69) is 10.5 Å². The van der Waals surface area contributed by atoms with Crippen molar-refractivity contribution in [3.63, 3.8) is 0 Å². The predicted octanol–water partition coefficient (Wildman–Crippen LogP) is 3.72. The topological polar surface area (TPSA) is 108 Å². The number of nitro groups is 1. The fraction of sp³-hybridized carbons (Fsp3) is 0.111. The average Bonchev–Trinajstić information content (AvgIpc) is 3.11. The van der Waals surface area contributed by atoms with Crippen LogP contribution in [-0.4, -0.2) is 16.0 Å². The summed E-state index contributed by atoms with van der Waals surface area (Å²) < 4.78 is 10.5. The molecule has 0 saturated heterocycles. The minimum atomic E-state index is -0.573. The fourth-order valence-electron chi connectivity index (χ4n) is 2.21. The molecule has 0 aliphatic carbocycles. The van der Waals surface area contributed by atoms with Gasteiger partial charge in [-0.25, -0.2) is 0 Å². The lowest BCUT2D eigenvalue weighted by Gasteiger charge is -2.06. The van der Waals surface area contributed by atoms with Gasteiger partial charge in [0.25, 0.3) is 17.5 Å². The molecule has 0 atom stereocenters. The third-order valence-corrected chi connectivity index (χ3v) is 3.62. The summed E-state index contributed by atoms with van der Waals surface area (Å²) in [6.45, 7) is 2.02. The van der Waals surface area contributed by atoms with Crippen LogP contribution in [-0.2, 0) is 6.61 Å². The van der Waals surface area contributed by atoms with Crippen molar-refractivity contribution in [3.05, 3.63) is 81.6 Å². The first-order valence-electron chi connectivity index (χ1n) is 7.73. The average molecular weight is 353 g/mol. The standard InChI is InChI=1S/C18H15N3O5/c1-12-7-8-14(21(23)24)9-15(12)19-18(22)16-10-17(20-26-16)25-11-13-5-3-2-4-6-13/h2-10H,11H2,1H3,(H,19,22). The van der Waals surface area contributed by atoms with E-state index in [1.165, 1.54) is 18.2 Å². The van der Waals surface area contributed by atoms with Gasteiger partial charge in [-0.15, -0.1) is 0 Å². The number of carbonyl (C=O) groups excluding carboxylic acids is 1. The van der Waals surface area contributed by atoms with E-state index < -0.39 is 10.8 Å². The number of anilines is 1. The number of hydrogen-bond acceptors (Lipinski definition) is 6. The first kappa shape index (κ1) is 17.2. The number of nitrogens with zero attached hydrogens (tertiary/aromatic N) is 2. The van der Waals surface area contributed by atoms with Gasteiger partial charge < -0.3 is 14.6 Å². The van der Waals surface area contributed by atoms with Crippen molar-refractivity contribution in [2.45, 2.75) is 13.5 Å². The van der Waals surface area contributed by atoms with E-state index in [0.717, 1.165) is 5.56 Å². The Labute approximate surface area is 148 Å². The number of hydrogen-bond donors (Lipinski definition) is 1. The maximum atomic E-state index is 12.3. The third-order valence-electron chi connectivity index (χ3n) is 3.62. The largest absolute Gasteiger partial charge is 0.471 e. The minimum absolute atomic E-state index is 0.0565. The Morgan fingerprint density at radius 1 is 1.23 bits per heavy atom. The molecule has 26 heavy (non-hydrogen) atoms. The number of carbonyl (C=O) groups is 1. The number of rotatable bonds is 6. The van der Waals surface area contributed by atoms with E-state index in [9.17, 15) is 14.9 Å². The molecule has 0 fully saturated rings. The Kier molecular flexibility index (Phi) is 4.93. The molecule has 0 unspecified atom stereocenters. The zero-order valence-electron chi connectivity index (χ0n) is 13.8. The molecule has 2 aromatic carbocycles. The van der Waals surface area contributed by atoms with Crippen molar-refractivity contribution in [2.24, 2.45) is 0 Å². The molecule has 1 aromatic heterocycles. The molecule has 3 rings (SSSR count). The van der Waals surface area contributed by atoms with Gasteiger partial charge in [-0.05, 0) is 23.2 Å². The highest BCUT2D eigenvalue weighted by Crippen LogP contribution is 2.23. The SMILES string of the molecule is Cc1ccc([N+](=O)[O-])cc1NC(=O)c1cc(OCc2ccccc2)no1. The Morgan fingerprint density at radius 3 is 2.73 bits per heavy atom. The van der Waals surface area contributed by atoms with Gasteiger partial charge in [0, 0.05) is 12.1 Å². The normalized spacial score (nSPS) is 10.3. The molecule has 0 saturated carbocycles. The van der Waals surface area contributed by atoms with Crippen LogP contribution in [0.5, 0.6) is 5.88 Å². The molecular weight excluding hydrogens is 338 g/mol. The number of amides is 1. The highest BCUT2D eigenvalue weighted by molar-refractivity contribution is 6.02. The van der Waals surface area contributed by atoms with Crippen LogP contribution in [0.15, 0.2) is 59.1 Å². The van der Waals surface area contributed by atoms with Gasteiger partial charge >= 0.3 is 0 Å². The van der Waals surface area contributed by atoms with Gasteiger partial charge in [0.15, 0.2) is 0 Å². The molecule has 1 heterocycles. The fourth-order valence-corrected chi connectivity index (χ4v) is 2.21. The van der Waals surface area contributed by atoms with E-state index in [4.69, 9.17) is 9.26 Å². The molecule has 132 valence electrons. The van der Waals surface area contributed by atoms with Crippen LogP contribution in [0.3, 0.4) is 0 Å². The summed E-state index contributed by atoms with van der Waals surface area (Å²) in [5, 5.41) is 17.1. The molecule has 0 aliphatic heterocycles. The molecule has 1 amide bonds. The van der Waals surface area contributed by atoms with Gasteiger partial charge in [-0.3, -0.25) is 14.9 Å². The molecule has 0 aliphatic rings. The predicted molar refractivity (Wildman–Crippen MR) is 93.1 cm³/mol. The Hall–Kier alpha value is -3.68. The Morgan fingerprint density at radius 2 is 2.00 bits per heavy atom. The molecule has 8 nitrogen and oxygen atoms in total. The van der Waals surface area contributed by atoms with E-state index in [1.54, 1.807) is 13.0 Å². The van der Waals surface area contributed by atoms with Crippen LogP contribution < -0.4 is 10.1 Å². The lowest BCUT2D eigenvalue weighted by Crippen LogP contribution is -2.12. The Balaban J connectivity index is 1.67. The summed E-state index contributed by atoms with van der Waals surface area (Å²) in [4.78, 5) is 22.6. The number of non-ortho nitro benzene ring substituents is 1. The molecule has 8 heteroatoms. The maximum Gasteiger partial charge on any atom is 0.294 e. The zero-order valence-corrected chi connectivity index (χ0v) is 13.8. The first-order chi connectivity index (χ1) is 12.5. The highest BCUT2D eigenvalue weighted by atomic mass is 16.6. The highest BCUT2D eigenvalue weighted by Gasteiger charge is 2.17. The molecule has 0 radical (unpaired) electrons. The lowest BCUT2D eigenvalue weighted by molar-refractivity contribution is -0.384. The van der Waals surface area contributed by atoms with Crippen LogP contribution in [0.4, 0.5) is 11.4 Å². The second kappa shape index (κ2) is 7.47. The number of ether oxygens (including phenoxy) is 1. The smallest absolute Gasteiger partial charge is 0.294 e. The summed E-state index contributed by atoms with van der Waals surface area (Å²) in [5.74, 6) is -0.454. The van der Waals surface area contributed by atoms with E-state index in [1.807, 2.05) is 30.3 Å². The van der Waals surface area contributed by atoms with Crippen LogP contribution in [0, 0.1) is 17.0 Å². The minimum Gasteiger partial charge on any atom is -0.471 e. The van der Waals surface area contributed by atoms with Gasteiger partial charge in [-0.1, -0.05) is 36.4 Å².